The fourth-order valence-electron chi connectivity index (χ4n) is 1.64. The van der Waals surface area contributed by atoms with Crippen molar-refractivity contribution < 1.29 is 9.18 Å². The normalized spacial score (nSPS) is 10.4. The molecule has 2 aromatic rings. The smallest absolute Gasteiger partial charge is 0.168 e. The van der Waals surface area contributed by atoms with E-state index in [1.165, 1.54) is 18.2 Å². The zero-order chi connectivity index (χ0) is 13.1. The summed E-state index contributed by atoms with van der Waals surface area (Å²) >= 11 is 11.8. The van der Waals surface area contributed by atoms with Gasteiger partial charge in [-0.3, -0.25) is 4.79 Å². The standard InChI is InChI=1S/C14H9Cl2FO/c15-10-4-5-13(16)12(8-10)14(18)7-9-2-1-3-11(17)6-9/h1-6,8H,7H2. The maximum absolute atomic E-state index is 13.0. The molecule has 0 unspecified atom stereocenters. The minimum atomic E-state index is -0.363. The minimum absolute atomic E-state index is 0.0951. The largest absolute Gasteiger partial charge is 0.294 e. The highest BCUT2D eigenvalue weighted by Crippen LogP contribution is 2.22. The molecule has 18 heavy (non-hydrogen) atoms. The van der Waals surface area contributed by atoms with Crippen LogP contribution in [0.5, 0.6) is 0 Å². The molecule has 2 aromatic carbocycles. The van der Waals surface area contributed by atoms with Crippen molar-refractivity contribution in [2.24, 2.45) is 0 Å². The average Bonchev–Trinajstić information content (AvgIpc) is 2.32. The third kappa shape index (κ3) is 3.09. The molecule has 0 fully saturated rings. The molecular weight excluding hydrogens is 274 g/mol. The molecule has 0 atom stereocenters. The molecule has 0 saturated heterocycles. The molecule has 92 valence electrons. The highest BCUT2D eigenvalue weighted by molar-refractivity contribution is 6.35. The van der Waals surface area contributed by atoms with Gasteiger partial charge in [0.15, 0.2) is 5.78 Å². The monoisotopic (exact) mass is 282 g/mol. The topological polar surface area (TPSA) is 17.1 Å². The number of halogens is 3. The second-order valence-electron chi connectivity index (χ2n) is 3.85. The van der Waals surface area contributed by atoms with Crippen LogP contribution in [-0.4, -0.2) is 5.78 Å². The van der Waals surface area contributed by atoms with Gasteiger partial charge in [-0.05, 0) is 35.9 Å². The van der Waals surface area contributed by atoms with Crippen molar-refractivity contribution in [2.75, 3.05) is 0 Å². The lowest BCUT2D eigenvalue weighted by molar-refractivity contribution is 0.0993. The van der Waals surface area contributed by atoms with E-state index in [4.69, 9.17) is 23.2 Å². The number of carbonyl (C=O) groups is 1. The van der Waals surface area contributed by atoms with Crippen LogP contribution in [0.3, 0.4) is 0 Å². The summed E-state index contributed by atoms with van der Waals surface area (Å²) in [5.74, 6) is -0.550. The average molecular weight is 283 g/mol. The molecule has 0 aliphatic rings. The Labute approximate surface area is 114 Å². The van der Waals surface area contributed by atoms with Gasteiger partial charge < -0.3 is 0 Å². The molecule has 0 aliphatic carbocycles. The summed E-state index contributed by atoms with van der Waals surface area (Å²) in [6.07, 6.45) is 0.0951. The van der Waals surface area contributed by atoms with Crippen LogP contribution in [0.2, 0.25) is 10.0 Å². The summed E-state index contributed by atoms with van der Waals surface area (Å²) in [5.41, 5.74) is 0.962. The van der Waals surface area contributed by atoms with Gasteiger partial charge in [-0.2, -0.15) is 0 Å². The lowest BCUT2D eigenvalue weighted by atomic mass is 10.0. The molecule has 0 spiro atoms. The Bertz CT molecular complexity index is 596. The Balaban J connectivity index is 2.24. The number of hydrogen-bond acceptors (Lipinski definition) is 1. The molecular formula is C14H9Cl2FO. The minimum Gasteiger partial charge on any atom is -0.294 e. The molecule has 4 heteroatoms. The van der Waals surface area contributed by atoms with Crippen LogP contribution in [0, 0.1) is 5.82 Å². The first kappa shape index (κ1) is 13.1. The molecule has 0 saturated carbocycles. The Morgan fingerprint density at radius 3 is 2.61 bits per heavy atom. The summed E-state index contributed by atoms with van der Waals surface area (Å²) in [4.78, 5) is 12.0. The van der Waals surface area contributed by atoms with E-state index in [9.17, 15) is 9.18 Å². The van der Waals surface area contributed by atoms with Crippen molar-refractivity contribution in [3.63, 3.8) is 0 Å². The predicted molar refractivity (Wildman–Crippen MR) is 70.9 cm³/mol. The highest BCUT2D eigenvalue weighted by Gasteiger charge is 2.12. The molecule has 1 nitrogen and oxygen atoms in total. The third-order valence-electron chi connectivity index (χ3n) is 2.48. The number of rotatable bonds is 3. The van der Waals surface area contributed by atoms with Gasteiger partial charge >= 0.3 is 0 Å². The molecule has 0 N–H and O–H groups in total. The van der Waals surface area contributed by atoms with Crippen molar-refractivity contribution in [2.45, 2.75) is 6.42 Å². The number of ketones is 1. The van der Waals surface area contributed by atoms with Crippen molar-refractivity contribution in [3.05, 3.63) is 69.5 Å². The number of Topliss-reactive ketones (excluding diaryl/α,β-unsaturated/α-hetero) is 1. The van der Waals surface area contributed by atoms with Crippen LogP contribution in [-0.2, 0) is 6.42 Å². The molecule has 0 radical (unpaired) electrons. The van der Waals surface area contributed by atoms with E-state index in [1.807, 2.05) is 0 Å². The van der Waals surface area contributed by atoms with E-state index >= 15 is 0 Å². The van der Waals surface area contributed by atoms with Crippen LogP contribution in [0.4, 0.5) is 4.39 Å². The molecule has 0 aliphatic heterocycles. The molecule has 0 heterocycles. The summed E-state index contributed by atoms with van der Waals surface area (Å²) in [5, 5.41) is 0.794. The van der Waals surface area contributed by atoms with Gasteiger partial charge in [0.25, 0.3) is 0 Å². The Kier molecular flexibility index (Phi) is 4.00. The van der Waals surface area contributed by atoms with E-state index < -0.39 is 0 Å². The van der Waals surface area contributed by atoms with Crippen molar-refractivity contribution in [1.29, 1.82) is 0 Å². The van der Waals surface area contributed by atoms with Gasteiger partial charge in [0.2, 0.25) is 0 Å². The van der Waals surface area contributed by atoms with Gasteiger partial charge in [0, 0.05) is 17.0 Å². The van der Waals surface area contributed by atoms with E-state index in [1.54, 1.807) is 24.3 Å². The number of carbonyl (C=O) groups excluding carboxylic acids is 1. The zero-order valence-corrected chi connectivity index (χ0v) is 10.8. The fourth-order valence-corrected chi connectivity index (χ4v) is 2.03. The summed E-state index contributed by atoms with van der Waals surface area (Å²) in [6.45, 7) is 0. The van der Waals surface area contributed by atoms with Crippen molar-refractivity contribution in [1.82, 2.24) is 0 Å². The Morgan fingerprint density at radius 2 is 1.89 bits per heavy atom. The van der Waals surface area contributed by atoms with Crippen LogP contribution in [0.25, 0.3) is 0 Å². The Hall–Kier alpha value is -1.38. The quantitative estimate of drug-likeness (QED) is 0.755. The SMILES string of the molecule is O=C(Cc1cccc(F)c1)c1cc(Cl)ccc1Cl. The maximum atomic E-state index is 13.0. The van der Waals surface area contributed by atoms with Crippen molar-refractivity contribution in [3.8, 4) is 0 Å². The van der Waals surface area contributed by atoms with E-state index in [2.05, 4.69) is 0 Å². The van der Waals surface area contributed by atoms with Crippen LogP contribution < -0.4 is 0 Å². The fraction of sp³-hybridized carbons (Fsp3) is 0.0714. The second-order valence-corrected chi connectivity index (χ2v) is 4.70. The Morgan fingerprint density at radius 1 is 1.11 bits per heavy atom. The van der Waals surface area contributed by atoms with Gasteiger partial charge in [0.1, 0.15) is 5.82 Å². The molecule has 0 aromatic heterocycles. The molecule has 2 rings (SSSR count). The van der Waals surface area contributed by atoms with E-state index in [-0.39, 0.29) is 18.0 Å². The van der Waals surface area contributed by atoms with Gasteiger partial charge in [-0.15, -0.1) is 0 Å². The van der Waals surface area contributed by atoms with Gasteiger partial charge in [-0.25, -0.2) is 4.39 Å². The number of benzene rings is 2. The maximum Gasteiger partial charge on any atom is 0.168 e. The second kappa shape index (κ2) is 5.51. The first-order valence-electron chi connectivity index (χ1n) is 5.29. The van der Waals surface area contributed by atoms with Gasteiger partial charge in [-0.1, -0.05) is 35.3 Å². The summed E-state index contributed by atoms with van der Waals surface area (Å²) < 4.78 is 13.0. The predicted octanol–water partition coefficient (Wildman–Crippen LogP) is 4.56. The van der Waals surface area contributed by atoms with Crippen LogP contribution in [0.15, 0.2) is 42.5 Å². The first-order chi connectivity index (χ1) is 8.56. The van der Waals surface area contributed by atoms with Crippen LogP contribution in [0.1, 0.15) is 15.9 Å². The lowest BCUT2D eigenvalue weighted by Crippen LogP contribution is -2.04. The summed E-state index contributed by atoms with van der Waals surface area (Å²) in [6, 6.07) is 10.6. The van der Waals surface area contributed by atoms with E-state index in [0.29, 0.717) is 21.2 Å². The third-order valence-corrected chi connectivity index (χ3v) is 3.05. The molecule has 0 amide bonds. The first-order valence-corrected chi connectivity index (χ1v) is 6.04. The lowest BCUT2D eigenvalue weighted by Gasteiger charge is -2.04. The van der Waals surface area contributed by atoms with Gasteiger partial charge in [0.05, 0.1) is 5.02 Å². The summed E-state index contributed by atoms with van der Waals surface area (Å²) in [7, 11) is 0. The van der Waals surface area contributed by atoms with E-state index in [0.717, 1.165) is 0 Å². The zero-order valence-electron chi connectivity index (χ0n) is 9.29. The number of hydrogen-bond donors (Lipinski definition) is 0. The van der Waals surface area contributed by atoms with Crippen LogP contribution >= 0.6 is 23.2 Å². The highest BCUT2D eigenvalue weighted by atomic mass is 35.5. The molecule has 0 bridgehead atoms. The van der Waals surface area contributed by atoms with Crippen molar-refractivity contribution >= 4 is 29.0 Å².